The van der Waals surface area contributed by atoms with Crippen molar-refractivity contribution in [1.29, 1.82) is 0 Å². The molecule has 0 bridgehead atoms. The molecule has 2 rings (SSSR count). The molecule has 0 unspecified atom stereocenters. The van der Waals surface area contributed by atoms with Crippen LogP contribution in [0.4, 0.5) is 5.69 Å². The summed E-state index contributed by atoms with van der Waals surface area (Å²) in [6, 6.07) is 6.18. The zero-order valence-corrected chi connectivity index (χ0v) is 12.6. The third-order valence-electron chi connectivity index (χ3n) is 3.00. The zero-order valence-electron chi connectivity index (χ0n) is 11.7. The van der Waals surface area contributed by atoms with E-state index in [0.717, 1.165) is 0 Å². The normalized spacial score (nSPS) is 16.6. The van der Waals surface area contributed by atoms with Gasteiger partial charge < -0.3 is 14.8 Å². The van der Waals surface area contributed by atoms with Crippen molar-refractivity contribution in [2.24, 2.45) is 0 Å². The minimum absolute atomic E-state index is 0.0829. The van der Waals surface area contributed by atoms with E-state index in [0.29, 0.717) is 32.0 Å². The number of nitrogens with one attached hydrogen (secondary N) is 1. The number of ether oxygens (including phenoxy) is 2. The lowest BCUT2D eigenvalue weighted by atomic mass is 10.3. The highest BCUT2D eigenvalue weighted by Crippen LogP contribution is 2.20. The largest absolute Gasteiger partial charge is 0.379 e. The predicted molar refractivity (Wildman–Crippen MR) is 76.5 cm³/mol. The number of rotatable bonds is 5. The summed E-state index contributed by atoms with van der Waals surface area (Å²) in [7, 11) is -2.15. The van der Waals surface area contributed by atoms with Crippen molar-refractivity contribution < 1.29 is 22.7 Å². The lowest BCUT2D eigenvalue weighted by Crippen LogP contribution is -2.40. The minimum Gasteiger partial charge on any atom is -0.379 e. The Morgan fingerprint density at radius 2 is 2.10 bits per heavy atom. The number of hydrogen-bond acceptors (Lipinski definition) is 5. The summed E-state index contributed by atoms with van der Waals surface area (Å²) in [4.78, 5) is 11.6. The Hall–Kier alpha value is -1.48. The van der Waals surface area contributed by atoms with Gasteiger partial charge in [-0.15, -0.1) is 0 Å². The highest BCUT2D eigenvalue weighted by atomic mass is 32.2. The van der Waals surface area contributed by atoms with E-state index < -0.39 is 10.0 Å². The molecule has 0 aliphatic carbocycles. The quantitative estimate of drug-likeness (QED) is 0.844. The van der Waals surface area contributed by atoms with E-state index in [1.807, 2.05) is 0 Å². The Labute approximate surface area is 123 Å². The van der Waals surface area contributed by atoms with Crippen LogP contribution in [0.15, 0.2) is 29.2 Å². The van der Waals surface area contributed by atoms with Gasteiger partial charge in [-0.25, -0.2) is 8.42 Å². The van der Waals surface area contributed by atoms with Crippen LogP contribution in [0.25, 0.3) is 0 Å². The number of morpholine rings is 1. The van der Waals surface area contributed by atoms with Gasteiger partial charge >= 0.3 is 0 Å². The Balaban J connectivity index is 2.17. The molecular weight excluding hydrogens is 296 g/mol. The molecule has 1 saturated heterocycles. The van der Waals surface area contributed by atoms with Gasteiger partial charge in [-0.05, 0) is 18.2 Å². The average molecular weight is 314 g/mol. The number of methoxy groups -OCH3 is 1. The molecule has 1 fully saturated rings. The molecular formula is C13H18N2O5S. The number of carbonyl (C=O) groups excluding carboxylic acids is 1. The third kappa shape index (κ3) is 4.01. The molecule has 21 heavy (non-hydrogen) atoms. The molecule has 1 aromatic carbocycles. The highest BCUT2D eigenvalue weighted by Gasteiger charge is 2.26. The van der Waals surface area contributed by atoms with Crippen molar-refractivity contribution in [3.05, 3.63) is 24.3 Å². The number of nitrogens with zero attached hydrogens (tertiary/aromatic N) is 1. The van der Waals surface area contributed by atoms with Crippen molar-refractivity contribution in [2.45, 2.75) is 4.90 Å². The van der Waals surface area contributed by atoms with E-state index in [1.165, 1.54) is 23.5 Å². The molecule has 1 aromatic rings. The molecule has 8 heteroatoms. The number of benzene rings is 1. The SMILES string of the molecule is COCC(=O)Nc1cccc(S(=O)(=O)N2CCOCC2)c1. The topological polar surface area (TPSA) is 84.9 Å². The summed E-state index contributed by atoms with van der Waals surface area (Å²) in [6.45, 7) is 1.37. The van der Waals surface area contributed by atoms with Crippen LogP contribution in [-0.2, 0) is 24.3 Å². The van der Waals surface area contributed by atoms with Gasteiger partial charge in [0.1, 0.15) is 6.61 Å². The smallest absolute Gasteiger partial charge is 0.250 e. The van der Waals surface area contributed by atoms with E-state index >= 15 is 0 Å². The fourth-order valence-corrected chi connectivity index (χ4v) is 3.45. The summed E-state index contributed by atoms with van der Waals surface area (Å²) >= 11 is 0. The highest BCUT2D eigenvalue weighted by molar-refractivity contribution is 7.89. The molecule has 116 valence electrons. The lowest BCUT2D eigenvalue weighted by molar-refractivity contribution is -0.119. The van der Waals surface area contributed by atoms with Gasteiger partial charge in [0.05, 0.1) is 18.1 Å². The van der Waals surface area contributed by atoms with E-state index in [9.17, 15) is 13.2 Å². The number of carbonyl (C=O) groups is 1. The van der Waals surface area contributed by atoms with Crippen LogP contribution in [0.2, 0.25) is 0 Å². The van der Waals surface area contributed by atoms with E-state index in [-0.39, 0.29) is 17.4 Å². The first kappa shape index (κ1) is 15.9. The molecule has 0 aromatic heterocycles. The summed E-state index contributed by atoms with van der Waals surface area (Å²) in [5.74, 6) is -0.335. The van der Waals surface area contributed by atoms with Gasteiger partial charge in [-0.1, -0.05) is 6.07 Å². The maximum absolute atomic E-state index is 12.5. The predicted octanol–water partition coefficient (Wildman–Crippen LogP) is 0.292. The summed E-state index contributed by atoms with van der Waals surface area (Å²) in [5.41, 5.74) is 0.423. The molecule has 1 aliphatic heterocycles. The third-order valence-corrected chi connectivity index (χ3v) is 4.90. The molecule has 1 aliphatic rings. The summed E-state index contributed by atoms with van der Waals surface area (Å²) < 4.78 is 36.2. The first-order chi connectivity index (χ1) is 10.0. The van der Waals surface area contributed by atoms with Gasteiger partial charge in [0.2, 0.25) is 15.9 Å². The maximum atomic E-state index is 12.5. The molecule has 0 atom stereocenters. The molecule has 0 spiro atoms. The van der Waals surface area contributed by atoms with Crippen LogP contribution in [0, 0.1) is 0 Å². The van der Waals surface area contributed by atoms with Crippen LogP contribution in [0.5, 0.6) is 0 Å². The van der Waals surface area contributed by atoms with Crippen LogP contribution in [-0.4, -0.2) is 58.7 Å². The summed E-state index contributed by atoms with van der Waals surface area (Å²) in [5, 5.41) is 2.59. The number of hydrogen-bond donors (Lipinski definition) is 1. The monoisotopic (exact) mass is 314 g/mol. The van der Waals surface area contributed by atoms with E-state index in [4.69, 9.17) is 9.47 Å². The first-order valence-electron chi connectivity index (χ1n) is 6.51. The van der Waals surface area contributed by atoms with Crippen LogP contribution < -0.4 is 5.32 Å². The second-order valence-corrected chi connectivity index (χ2v) is 6.46. The standard InChI is InChI=1S/C13H18N2O5S/c1-19-10-13(16)14-11-3-2-4-12(9-11)21(17,18)15-5-7-20-8-6-15/h2-4,9H,5-8,10H2,1H3,(H,14,16). The number of amides is 1. The van der Waals surface area contributed by atoms with Crippen molar-refractivity contribution in [3.8, 4) is 0 Å². The summed E-state index contributed by atoms with van der Waals surface area (Å²) in [6.07, 6.45) is 0. The second-order valence-electron chi connectivity index (χ2n) is 4.53. The molecule has 7 nitrogen and oxygen atoms in total. The molecule has 1 N–H and O–H groups in total. The Bertz CT molecular complexity index is 596. The first-order valence-corrected chi connectivity index (χ1v) is 7.95. The van der Waals surface area contributed by atoms with Crippen molar-refractivity contribution in [1.82, 2.24) is 4.31 Å². The van der Waals surface area contributed by atoms with E-state index in [2.05, 4.69) is 5.32 Å². The zero-order chi connectivity index (χ0) is 15.3. The molecule has 1 heterocycles. The van der Waals surface area contributed by atoms with Crippen LogP contribution in [0.1, 0.15) is 0 Å². The maximum Gasteiger partial charge on any atom is 0.250 e. The van der Waals surface area contributed by atoms with Crippen molar-refractivity contribution in [2.75, 3.05) is 45.3 Å². The molecule has 0 saturated carbocycles. The number of sulfonamides is 1. The Morgan fingerprint density at radius 3 is 2.76 bits per heavy atom. The number of anilines is 1. The Kier molecular flexibility index (Phi) is 5.29. The Morgan fingerprint density at radius 1 is 1.38 bits per heavy atom. The molecule has 0 radical (unpaired) electrons. The van der Waals surface area contributed by atoms with Crippen molar-refractivity contribution in [3.63, 3.8) is 0 Å². The lowest BCUT2D eigenvalue weighted by Gasteiger charge is -2.26. The van der Waals surface area contributed by atoms with Gasteiger partial charge in [0.15, 0.2) is 0 Å². The fourth-order valence-electron chi connectivity index (χ4n) is 2.00. The minimum atomic E-state index is -3.56. The van der Waals surface area contributed by atoms with Gasteiger partial charge in [-0.3, -0.25) is 4.79 Å². The molecule has 1 amide bonds. The fraction of sp³-hybridized carbons (Fsp3) is 0.462. The van der Waals surface area contributed by atoms with Crippen molar-refractivity contribution >= 4 is 21.6 Å². The van der Waals surface area contributed by atoms with Crippen LogP contribution in [0.3, 0.4) is 0 Å². The average Bonchev–Trinajstić information content (AvgIpc) is 2.48. The van der Waals surface area contributed by atoms with Crippen LogP contribution >= 0.6 is 0 Å². The second kappa shape index (κ2) is 6.99. The van der Waals surface area contributed by atoms with Gasteiger partial charge in [-0.2, -0.15) is 4.31 Å². The van der Waals surface area contributed by atoms with Gasteiger partial charge in [0, 0.05) is 25.9 Å². The van der Waals surface area contributed by atoms with E-state index in [1.54, 1.807) is 12.1 Å². The van der Waals surface area contributed by atoms with Gasteiger partial charge in [0.25, 0.3) is 0 Å².